The molecule has 1 aliphatic rings. The molecule has 0 aromatic carbocycles. The van der Waals surface area contributed by atoms with Crippen LogP contribution in [0.5, 0.6) is 0 Å². The third kappa shape index (κ3) is 12.3. The van der Waals surface area contributed by atoms with Gasteiger partial charge >= 0.3 is 5.97 Å². The molecule has 7 nitrogen and oxygen atoms in total. The van der Waals surface area contributed by atoms with Crippen LogP contribution in [-0.2, 0) is 18.4 Å². The Morgan fingerprint density at radius 3 is 2.06 bits per heavy atom. The van der Waals surface area contributed by atoms with Crippen molar-refractivity contribution in [2.24, 2.45) is 17.3 Å². The summed E-state index contributed by atoms with van der Waals surface area (Å²) in [6.07, 6.45) is 10.4. The third-order valence-corrected chi connectivity index (χ3v) is 21.4. The van der Waals surface area contributed by atoms with Crippen LogP contribution in [0, 0.1) is 17.3 Å². The van der Waals surface area contributed by atoms with Gasteiger partial charge in [-0.25, -0.2) is 0 Å². The lowest BCUT2D eigenvalue weighted by Crippen LogP contribution is -2.59. The van der Waals surface area contributed by atoms with E-state index < -0.39 is 40.2 Å². The molecule has 0 radical (unpaired) electrons. The molecule has 1 aromatic rings. The van der Waals surface area contributed by atoms with Crippen molar-refractivity contribution in [3.8, 4) is 0 Å². The van der Waals surface area contributed by atoms with Gasteiger partial charge in [-0.15, -0.1) is 0 Å². The lowest BCUT2D eigenvalue weighted by Gasteiger charge is -2.52. The number of carbonyl (C=O) groups is 2. The maximum absolute atomic E-state index is 15.1. The fourth-order valence-corrected chi connectivity index (χ4v) is 9.44. The fourth-order valence-electron chi connectivity index (χ4n) is 6.63. The Hall–Kier alpha value is -1.92. The Bertz CT molecular complexity index is 1340. The molecule has 0 spiro atoms. The first-order valence-electron chi connectivity index (χ1n) is 19.4. The highest BCUT2D eigenvalue weighted by atomic mass is 28.4. The molecule has 0 unspecified atom stereocenters. The molecular weight excluding hydrogens is 671 g/mol. The number of aromatic nitrogens is 1. The molecule has 1 saturated carbocycles. The molecule has 1 heterocycles. The number of aliphatic carboxylic acids is 1. The molecule has 1 aliphatic carbocycles. The number of allylic oxidation sites excluding steroid dienone is 1. The van der Waals surface area contributed by atoms with Crippen molar-refractivity contribution in [3.63, 3.8) is 0 Å². The van der Waals surface area contributed by atoms with Crippen LogP contribution in [0.2, 0.25) is 36.3 Å². The molecule has 0 amide bonds. The maximum Gasteiger partial charge on any atom is 0.305 e. The molecule has 51 heavy (non-hydrogen) atoms. The molecular formula is C42H73NO6Si2. The molecule has 0 bridgehead atoms. The van der Waals surface area contributed by atoms with Crippen LogP contribution in [0.3, 0.4) is 0 Å². The second kappa shape index (κ2) is 18.4. The number of aliphatic hydroxyl groups is 1. The van der Waals surface area contributed by atoms with Crippen molar-refractivity contribution in [2.75, 3.05) is 0 Å². The second-order valence-corrected chi connectivity index (χ2v) is 28.0. The topological polar surface area (TPSA) is 106 Å². The van der Waals surface area contributed by atoms with Crippen molar-refractivity contribution < 1.29 is 28.7 Å². The number of carboxylic acids is 1. The van der Waals surface area contributed by atoms with E-state index in [-0.39, 0.29) is 40.2 Å². The average molecular weight is 744 g/mol. The number of rotatable bonds is 20. The first-order chi connectivity index (χ1) is 23.4. The predicted molar refractivity (Wildman–Crippen MR) is 217 cm³/mol. The van der Waals surface area contributed by atoms with E-state index in [0.29, 0.717) is 25.7 Å². The van der Waals surface area contributed by atoms with Crippen LogP contribution in [0.25, 0.3) is 6.08 Å². The van der Waals surface area contributed by atoms with Crippen molar-refractivity contribution >= 4 is 34.5 Å². The van der Waals surface area contributed by atoms with Crippen LogP contribution in [0.4, 0.5) is 0 Å². The molecule has 0 aliphatic heterocycles. The van der Waals surface area contributed by atoms with E-state index in [1.54, 1.807) is 6.20 Å². The monoisotopic (exact) mass is 743 g/mol. The Labute approximate surface area is 313 Å². The minimum absolute atomic E-state index is 0.0267. The van der Waals surface area contributed by atoms with Crippen LogP contribution in [-0.4, -0.2) is 61.9 Å². The van der Waals surface area contributed by atoms with Crippen LogP contribution >= 0.6 is 0 Å². The number of nitrogens with zero attached hydrogens (tertiary/aromatic N) is 1. The summed E-state index contributed by atoms with van der Waals surface area (Å²) in [5.41, 5.74) is 2.17. The zero-order chi connectivity index (χ0) is 39.0. The highest BCUT2D eigenvalue weighted by molar-refractivity contribution is 6.74. The zero-order valence-electron chi connectivity index (χ0n) is 34.7. The van der Waals surface area contributed by atoms with Gasteiger partial charge in [-0.2, -0.15) is 0 Å². The number of Topliss-reactive ketones (excluding diaryl/α,β-unsaturated/α-hetero) is 1. The normalized spacial score (nSPS) is 19.1. The maximum atomic E-state index is 15.1. The summed E-state index contributed by atoms with van der Waals surface area (Å²) in [7, 11) is -4.63. The second-order valence-electron chi connectivity index (χ2n) is 18.5. The molecule has 9 heteroatoms. The molecule has 2 N–H and O–H groups in total. The van der Waals surface area contributed by atoms with Gasteiger partial charge < -0.3 is 19.1 Å². The smallest absolute Gasteiger partial charge is 0.305 e. The Morgan fingerprint density at radius 1 is 1.00 bits per heavy atom. The van der Waals surface area contributed by atoms with Crippen molar-refractivity contribution in [3.05, 3.63) is 47.3 Å². The van der Waals surface area contributed by atoms with Crippen LogP contribution in [0.1, 0.15) is 133 Å². The predicted octanol–water partition coefficient (Wildman–Crippen LogP) is 11.0. The lowest BCUT2D eigenvalue weighted by molar-refractivity contribution is -0.156. The Balaban J connectivity index is 2.32. The number of hydrogen-bond acceptors (Lipinski definition) is 6. The summed E-state index contributed by atoms with van der Waals surface area (Å²) in [4.78, 5) is 31.7. The molecule has 5 atom stereocenters. The minimum atomic E-state index is -2.36. The van der Waals surface area contributed by atoms with Gasteiger partial charge in [0.15, 0.2) is 16.6 Å². The summed E-state index contributed by atoms with van der Waals surface area (Å²) in [5, 5.41) is 20.7. The number of carboxylic acid groups (broad SMARTS) is 1. The standard InChI is InChI=1S/C42H73NO6Si2/c1-15-34(39(47)42(25-19-26-42)36(29-37(45)46)48-50(11,12)40(5,6)7)38(49-51(13,14)41(8,9)10)31(3)21-18-20-30(2)23-24-35(44)32(4)28-33-22-16-17-27-43-33/h16-17,22-23,27-28,31,34-36,38,44H,15,18-21,24-26,29H2,1-14H3,(H,45,46)/b30-23+,32-28+/t31-,34+,35-,36-,38-/m0/s1. The van der Waals surface area contributed by atoms with E-state index in [4.69, 9.17) is 8.85 Å². The van der Waals surface area contributed by atoms with Gasteiger partial charge in [0.1, 0.15) is 5.78 Å². The molecule has 1 aromatic heterocycles. The SMILES string of the molecule is CC[C@@H](C(=O)C1([C@H](CC(=O)O)O[Si](C)(C)C(C)(C)C)CCC1)[C@@H](O[Si](C)(C)C(C)(C)C)[C@@H](C)CCC/C(C)=C/C[C@H](O)/C(C)=C/c1ccccn1. The van der Waals surface area contributed by atoms with Crippen LogP contribution in [0.15, 0.2) is 41.6 Å². The number of carbonyl (C=O) groups excluding carboxylic acids is 1. The summed E-state index contributed by atoms with van der Waals surface area (Å²) in [6.45, 7) is 30.4. The molecule has 1 fully saturated rings. The first kappa shape index (κ1) is 45.2. The van der Waals surface area contributed by atoms with E-state index >= 15 is 4.79 Å². The molecule has 2 rings (SSSR count). The van der Waals surface area contributed by atoms with E-state index in [0.717, 1.165) is 37.0 Å². The van der Waals surface area contributed by atoms with E-state index in [9.17, 15) is 15.0 Å². The zero-order valence-corrected chi connectivity index (χ0v) is 36.7. The Kier molecular flexibility index (Phi) is 16.3. The van der Waals surface area contributed by atoms with Gasteiger partial charge in [0.05, 0.1) is 35.8 Å². The first-order valence-corrected chi connectivity index (χ1v) is 25.2. The van der Waals surface area contributed by atoms with Crippen LogP contribution < -0.4 is 0 Å². The van der Waals surface area contributed by atoms with Gasteiger partial charge in [0, 0.05) is 12.1 Å². The largest absolute Gasteiger partial charge is 0.481 e. The Morgan fingerprint density at radius 2 is 1.59 bits per heavy atom. The van der Waals surface area contributed by atoms with Gasteiger partial charge in [0.2, 0.25) is 0 Å². The van der Waals surface area contributed by atoms with Gasteiger partial charge in [0.25, 0.3) is 0 Å². The fraction of sp³-hybridized carbons (Fsp3) is 0.738. The number of pyridine rings is 1. The average Bonchev–Trinajstić information content (AvgIpc) is 2.97. The van der Waals surface area contributed by atoms with E-state index in [1.165, 1.54) is 5.57 Å². The summed E-state index contributed by atoms with van der Waals surface area (Å²) in [6, 6.07) is 5.75. The van der Waals surface area contributed by atoms with Gasteiger partial charge in [-0.1, -0.05) is 79.5 Å². The lowest BCUT2D eigenvalue weighted by atomic mass is 9.58. The number of aliphatic hydroxyl groups excluding tert-OH is 1. The third-order valence-electron chi connectivity index (χ3n) is 12.4. The quantitative estimate of drug-likeness (QED) is 0.101. The van der Waals surface area contributed by atoms with Crippen molar-refractivity contribution in [2.45, 2.75) is 182 Å². The highest BCUT2D eigenvalue weighted by Gasteiger charge is 2.57. The van der Waals surface area contributed by atoms with Crippen molar-refractivity contribution in [1.29, 1.82) is 0 Å². The van der Waals surface area contributed by atoms with E-state index in [2.05, 4.69) is 99.6 Å². The van der Waals surface area contributed by atoms with Crippen molar-refractivity contribution in [1.82, 2.24) is 4.98 Å². The summed E-state index contributed by atoms with van der Waals surface area (Å²) in [5.74, 6) is -0.972. The highest BCUT2D eigenvalue weighted by Crippen LogP contribution is 2.53. The van der Waals surface area contributed by atoms with Gasteiger partial charge in [-0.05, 0) is 125 Å². The molecule has 0 saturated heterocycles. The van der Waals surface area contributed by atoms with Gasteiger partial charge in [-0.3, -0.25) is 14.6 Å². The number of ketones is 1. The summed E-state index contributed by atoms with van der Waals surface area (Å²) < 4.78 is 14.1. The van der Waals surface area contributed by atoms with E-state index in [1.807, 2.05) is 31.2 Å². The summed E-state index contributed by atoms with van der Waals surface area (Å²) >= 11 is 0. The number of hydrogen-bond donors (Lipinski definition) is 2. The molecule has 290 valence electrons. The minimum Gasteiger partial charge on any atom is -0.481 e.